The van der Waals surface area contributed by atoms with Crippen LogP contribution in [0.15, 0.2) is 43.0 Å². The van der Waals surface area contributed by atoms with Gasteiger partial charge in [-0.05, 0) is 25.7 Å². The molecule has 40 heavy (non-hydrogen) atoms. The summed E-state index contributed by atoms with van der Waals surface area (Å²) in [5.41, 5.74) is 1.76. The van der Waals surface area contributed by atoms with Gasteiger partial charge < -0.3 is 29.4 Å². The summed E-state index contributed by atoms with van der Waals surface area (Å²) in [5, 5.41) is 14.9. The van der Waals surface area contributed by atoms with Crippen molar-refractivity contribution in [2.45, 2.75) is 57.0 Å². The molecule has 1 aliphatic carbocycles. The normalized spacial score (nSPS) is 29.5. The minimum atomic E-state index is -0.767. The Bertz CT molecular complexity index is 1350. The van der Waals surface area contributed by atoms with Gasteiger partial charge in [0.05, 0.1) is 25.5 Å². The van der Waals surface area contributed by atoms with Crippen LogP contribution < -0.4 is 10.6 Å². The molecule has 2 saturated heterocycles. The van der Waals surface area contributed by atoms with Crippen molar-refractivity contribution in [3.63, 3.8) is 0 Å². The fourth-order valence-electron chi connectivity index (χ4n) is 5.80. The van der Waals surface area contributed by atoms with Crippen LogP contribution in [0, 0.1) is 11.8 Å². The molecule has 3 fully saturated rings. The molecule has 2 aromatic heterocycles. The highest BCUT2D eigenvalue weighted by molar-refractivity contribution is 5.95. The van der Waals surface area contributed by atoms with Gasteiger partial charge in [0.25, 0.3) is 0 Å². The number of nitrogens with one attached hydrogen (secondary N) is 2. The number of amides is 2. The molecule has 0 spiro atoms. The minimum Gasteiger partial charge on any atom is -0.481 e. The second kappa shape index (κ2) is 11.5. The third-order valence-corrected chi connectivity index (χ3v) is 7.71. The second-order valence-electron chi connectivity index (χ2n) is 10.2. The number of fused-ring (bicyclic) bond motifs is 2. The molecule has 1 aromatic carbocycles. The molecule has 7 atom stereocenters. The average molecular weight is 553 g/mol. The summed E-state index contributed by atoms with van der Waals surface area (Å²) in [4.78, 5) is 36.8. The molecule has 4 heterocycles. The summed E-state index contributed by atoms with van der Waals surface area (Å²) in [5.74, 6) is -0.887. The fourth-order valence-corrected chi connectivity index (χ4v) is 5.80. The number of imidazole rings is 1. The van der Waals surface area contributed by atoms with Crippen molar-refractivity contribution in [3.05, 3.63) is 48.5 Å². The Morgan fingerprint density at radius 3 is 2.70 bits per heavy atom. The van der Waals surface area contributed by atoms with Crippen LogP contribution in [0.1, 0.15) is 44.3 Å². The summed E-state index contributed by atoms with van der Waals surface area (Å²) >= 11 is 0. The summed E-state index contributed by atoms with van der Waals surface area (Å²) in [6.07, 6.45) is 2.71. The number of carbonyl (C=O) groups is 2. The van der Waals surface area contributed by atoms with Gasteiger partial charge in [0.2, 0.25) is 0 Å². The summed E-state index contributed by atoms with van der Waals surface area (Å²) in [7, 11) is 0. The molecule has 0 bridgehead atoms. The first-order chi connectivity index (χ1) is 19.5. The van der Waals surface area contributed by atoms with Gasteiger partial charge in [0.15, 0.2) is 29.5 Å². The molecule has 2 amide bonds. The number of benzene rings is 1. The van der Waals surface area contributed by atoms with E-state index >= 15 is 0 Å². The van der Waals surface area contributed by atoms with Crippen molar-refractivity contribution in [1.82, 2.24) is 24.8 Å². The standard InChI is InChI=1S/C27H32N6O7/c1-2-28-27(36)32-22-19-23(30-13-29-22)33(14-31-19)24-21-20(39-26(40-21)15-7-4-3-5-8-15)18(38-24)12-37-11-16-9-6-10-17(16)25(34)35/h3-5,7-8,13-14,16-18,20-21,24,26H,2,6,9-12H2,1H3,(H,34,35)(H2,28,29,30,32,36)/t16?,17?,18?,20?,21?,24?,26-/m0/s1. The van der Waals surface area contributed by atoms with E-state index in [0.717, 1.165) is 18.4 Å². The van der Waals surface area contributed by atoms with Crippen molar-refractivity contribution in [1.29, 1.82) is 0 Å². The zero-order chi connectivity index (χ0) is 27.6. The van der Waals surface area contributed by atoms with Crippen molar-refractivity contribution in [3.8, 4) is 0 Å². The number of carboxylic acids is 1. The monoisotopic (exact) mass is 552 g/mol. The van der Waals surface area contributed by atoms with Gasteiger partial charge in [0.1, 0.15) is 24.6 Å². The number of hydrogen-bond acceptors (Lipinski definition) is 9. The van der Waals surface area contributed by atoms with Crippen LogP contribution in [0.5, 0.6) is 0 Å². The molecule has 2 aliphatic heterocycles. The number of urea groups is 1. The molecular formula is C27H32N6O7. The van der Waals surface area contributed by atoms with Gasteiger partial charge in [-0.2, -0.15) is 0 Å². The number of carbonyl (C=O) groups excluding carboxylic acids is 1. The maximum Gasteiger partial charge on any atom is 0.320 e. The lowest BCUT2D eigenvalue weighted by molar-refractivity contribution is -0.159. The summed E-state index contributed by atoms with van der Waals surface area (Å²) in [6.45, 7) is 2.85. The number of carboxylic acid groups (broad SMARTS) is 1. The maximum atomic E-state index is 12.1. The second-order valence-corrected chi connectivity index (χ2v) is 10.2. The van der Waals surface area contributed by atoms with Crippen LogP contribution in [-0.2, 0) is 23.7 Å². The van der Waals surface area contributed by atoms with E-state index < -0.39 is 42.8 Å². The highest BCUT2D eigenvalue weighted by atomic mass is 16.8. The molecule has 13 heteroatoms. The smallest absolute Gasteiger partial charge is 0.320 e. The van der Waals surface area contributed by atoms with Gasteiger partial charge in [-0.3, -0.25) is 14.7 Å². The average Bonchev–Trinajstić information content (AvgIpc) is 3.74. The van der Waals surface area contributed by atoms with E-state index in [4.69, 9.17) is 18.9 Å². The van der Waals surface area contributed by atoms with Gasteiger partial charge in [-0.15, -0.1) is 0 Å². The molecule has 0 radical (unpaired) electrons. The molecule has 3 N–H and O–H groups in total. The maximum absolute atomic E-state index is 12.1. The SMILES string of the molecule is CCNC(=O)Nc1ncnc2c1ncn2C1OC(COCC2CCCC2C(=O)O)C2O[C@H](c3ccccc3)OC21. The highest BCUT2D eigenvalue weighted by Crippen LogP contribution is 2.45. The third kappa shape index (κ3) is 5.12. The molecule has 3 aromatic rings. The van der Waals surface area contributed by atoms with E-state index in [-0.39, 0.29) is 24.3 Å². The lowest BCUT2D eigenvalue weighted by Gasteiger charge is -2.22. The van der Waals surface area contributed by atoms with Crippen molar-refractivity contribution in [2.75, 3.05) is 25.1 Å². The van der Waals surface area contributed by atoms with E-state index in [1.165, 1.54) is 6.33 Å². The Hall–Kier alpha value is -3.65. The number of ether oxygens (including phenoxy) is 4. The lowest BCUT2D eigenvalue weighted by Crippen LogP contribution is -2.33. The first-order valence-electron chi connectivity index (χ1n) is 13.6. The summed E-state index contributed by atoms with van der Waals surface area (Å²) < 4.78 is 27.0. The zero-order valence-electron chi connectivity index (χ0n) is 22.0. The third-order valence-electron chi connectivity index (χ3n) is 7.71. The number of anilines is 1. The molecule has 212 valence electrons. The highest BCUT2D eigenvalue weighted by Gasteiger charge is 2.54. The van der Waals surface area contributed by atoms with Crippen LogP contribution >= 0.6 is 0 Å². The van der Waals surface area contributed by atoms with Crippen LogP contribution in [0.4, 0.5) is 10.6 Å². The van der Waals surface area contributed by atoms with Crippen LogP contribution in [0.25, 0.3) is 11.2 Å². The number of hydrogen-bond donors (Lipinski definition) is 3. The van der Waals surface area contributed by atoms with Gasteiger partial charge in [-0.1, -0.05) is 36.8 Å². The topological polar surface area (TPSA) is 159 Å². The zero-order valence-corrected chi connectivity index (χ0v) is 22.0. The number of aliphatic carboxylic acids is 1. The molecule has 13 nitrogen and oxygen atoms in total. The fraction of sp³-hybridized carbons (Fsp3) is 0.519. The number of rotatable bonds is 9. The Morgan fingerprint density at radius 1 is 1.07 bits per heavy atom. The quantitative estimate of drug-likeness (QED) is 0.360. The van der Waals surface area contributed by atoms with Crippen LogP contribution in [-0.4, -0.2) is 74.7 Å². The number of nitrogens with zero attached hydrogens (tertiary/aromatic N) is 4. The lowest BCUT2D eigenvalue weighted by atomic mass is 9.97. The van der Waals surface area contributed by atoms with Crippen LogP contribution in [0.3, 0.4) is 0 Å². The Balaban J connectivity index is 1.23. The van der Waals surface area contributed by atoms with Crippen molar-refractivity contribution in [2.24, 2.45) is 11.8 Å². The van der Waals surface area contributed by atoms with Crippen molar-refractivity contribution < 1.29 is 33.6 Å². The number of aromatic nitrogens is 4. The Morgan fingerprint density at radius 2 is 1.90 bits per heavy atom. The predicted octanol–water partition coefficient (Wildman–Crippen LogP) is 2.87. The van der Waals surface area contributed by atoms with E-state index in [0.29, 0.717) is 30.7 Å². The predicted molar refractivity (Wildman–Crippen MR) is 140 cm³/mol. The summed E-state index contributed by atoms with van der Waals surface area (Å²) in [6, 6.07) is 9.27. The minimum absolute atomic E-state index is 0.0200. The van der Waals surface area contributed by atoms with Crippen LogP contribution in [0.2, 0.25) is 0 Å². The molecular weight excluding hydrogens is 520 g/mol. The van der Waals surface area contributed by atoms with E-state index in [2.05, 4.69) is 25.6 Å². The molecule has 1 saturated carbocycles. The first-order valence-corrected chi connectivity index (χ1v) is 13.6. The largest absolute Gasteiger partial charge is 0.481 e. The molecule has 6 rings (SSSR count). The van der Waals surface area contributed by atoms with Gasteiger partial charge in [0, 0.05) is 12.1 Å². The van der Waals surface area contributed by atoms with E-state index in [9.17, 15) is 14.7 Å². The van der Waals surface area contributed by atoms with E-state index in [1.54, 1.807) is 10.9 Å². The Labute approximate surface area is 230 Å². The Kier molecular flexibility index (Phi) is 7.61. The molecule has 6 unspecified atom stereocenters. The molecule has 3 aliphatic rings. The van der Waals surface area contributed by atoms with Gasteiger partial charge >= 0.3 is 12.0 Å². The van der Waals surface area contributed by atoms with Crippen molar-refractivity contribution >= 4 is 29.0 Å². The van der Waals surface area contributed by atoms with Gasteiger partial charge in [-0.25, -0.2) is 19.7 Å². The first kappa shape index (κ1) is 26.6. The van der Waals surface area contributed by atoms with E-state index in [1.807, 2.05) is 37.3 Å².